The molecule has 8 heteroatoms. The van der Waals surface area contributed by atoms with Crippen LogP contribution in [-0.2, 0) is 29.0 Å². The van der Waals surface area contributed by atoms with Crippen molar-refractivity contribution in [2.45, 2.75) is 45.1 Å². The first-order valence-electron chi connectivity index (χ1n) is 12.2. The summed E-state index contributed by atoms with van der Waals surface area (Å²) in [4.78, 5) is 30.6. The summed E-state index contributed by atoms with van der Waals surface area (Å²) in [5.74, 6) is 0.00922. The second-order valence-electron chi connectivity index (χ2n) is 9.06. The molecule has 2 N–H and O–H groups in total. The average molecular weight is 480 g/mol. The molecule has 4 rings (SSSR count). The molecule has 1 fully saturated rings. The predicted molar refractivity (Wildman–Crippen MR) is 135 cm³/mol. The minimum absolute atomic E-state index is 0.0318. The molecule has 1 aromatic heterocycles. The molecule has 2 heterocycles. The summed E-state index contributed by atoms with van der Waals surface area (Å²) in [6, 6.07) is 12.2. The van der Waals surface area contributed by atoms with E-state index in [1.165, 1.54) is 11.3 Å². The minimum atomic E-state index is -0.0318. The third kappa shape index (κ3) is 6.66. The van der Waals surface area contributed by atoms with Gasteiger partial charge in [-0.1, -0.05) is 36.8 Å². The maximum absolute atomic E-state index is 12.6. The molecular weight excluding hydrogens is 446 g/mol. The van der Waals surface area contributed by atoms with E-state index in [9.17, 15) is 14.9 Å². The Hall–Kier alpha value is -2.73. The first kappa shape index (κ1) is 24.4. The summed E-state index contributed by atoms with van der Waals surface area (Å²) in [6.45, 7) is 4.96. The fourth-order valence-corrected chi connectivity index (χ4v) is 5.88. The van der Waals surface area contributed by atoms with Gasteiger partial charge in [0, 0.05) is 50.6 Å². The standard InChI is InChI=1S/C26H33N5O2S/c27-17-22-21-9-5-2-6-10-23(21)34-26(22)29-24(32)11-12-30-13-15-31(16-14-30)19-25(33)28-18-20-7-3-1-4-8-20/h1,3-4,7-8H,2,5-6,9-16,18-19H2,(H,28,33)(H,29,32). The Morgan fingerprint density at radius 3 is 2.47 bits per heavy atom. The van der Waals surface area contributed by atoms with E-state index in [-0.39, 0.29) is 11.8 Å². The maximum atomic E-state index is 12.6. The molecule has 2 aliphatic rings. The molecule has 1 aromatic carbocycles. The van der Waals surface area contributed by atoms with Crippen molar-refractivity contribution in [1.29, 1.82) is 5.26 Å². The Balaban J connectivity index is 1.16. The number of nitrogens with zero attached hydrogens (tertiary/aromatic N) is 3. The number of anilines is 1. The third-order valence-corrected chi connectivity index (χ3v) is 7.81. The van der Waals surface area contributed by atoms with E-state index in [0.717, 1.165) is 68.0 Å². The third-order valence-electron chi connectivity index (χ3n) is 6.61. The smallest absolute Gasteiger partial charge is 0.234 e. The van der Waals surface area contributed by atoms with E-state index in [1.807, 2.05) is 30.3 Å². The van der Waals surface area contributed by atoms with E-state index >= 15 is 0 Å². The summed E-state index contributed by atoms with van der Waals surface area (Å²) < 4.78 is 0. The fourth-order valence-electron chi connectivity index (χ4n) is 4.62. The van der Waals surface area contributed by atoms with Gasteiger partial charge in [-0.3, -0.25) is 14.5 Å². The summed E-state index contributed by atoms with van der Waals surface area (Å²) in [5.41, 5.74) is 2.93. The number of rotatable bonds is 8. The van der Waals surface area contributed by atoms with Gasteiger partial charge in [-0.15, -0.1) is 11.3 Å². The molecule has 1 aliphatic carbocycles. The zero-order chi connectivity index (χ0) is 23.8. The normalized spacial score (nSPS) is 16.8. The van der Waals surface area contributed by atoms with E-state index in [1.54, 1.807) is 11.3 Å². The maximum Gasteiger partial charge on any atom is 0.234 e. The molecule has 0 spiro atoms. The van der Waals surface area contributed by atoms with Gasteiger partial charge >= 0.3 is 0 Å². The van der Waals surface area contributed by atoms with E-state index < -0.39 is 0 Å². The molecule has 0 atom stereocenters. The number of hydrogen-bond donors (Lipinski definition) is 2. The van der Waals surface area contributed by atoms with Crippen molar-refractivity contribution in [3.05, 3.63) is 51.9 Å². The van der Waals surface area contributed by atoms with Crippen molar-refractivity contribution in [3.63, 3.8) is 0 Å². The second kappa shape index (κ2) is 12.1. The molecule has 0 saturated carbocycles. The van der Waals surface area contributed by atoms with Crippen molar-refractivity contribution >= 4 is 28.2 Å². The number of fused-ring (bicyclic) bond motifs is 1. The molecule has 0 unspecified atom stereocenters. The van der Waals surface area contributed by atoms with Gasteiger partial charge in [0.2, 0.25) is 11.8 Å². The molecule has 7 nitrogen and oxygen atoms in total. The van der Waals surface area contributed by atoms with Crippen LogP contribution in [0.5, 0.6) is 0 Å². The first-order chi connectivity index (χ1) is 16.6. The minimum Gasteiger partial charge on any atom is -0.351 e. The number of piperazine rings is 1. The number of benzene rings is 1. The van der Waals surface area contributed by atoms with Gasteiger partial charge in [-0.25, -0.2) is 0 Å². The number of amides is 2. The van der Waals surface area contributed by atoms with Gasteiger partial charge in [0.25, 0.3) is 0 Å². The number of thiophene rings is 1. The molecule has 1 aliphatic heterocycles. The molecule has 0 bridgehead atoms. The highest BCUT2D eigenvalue weighted by atomic mass is 32.1. The molecule has 180 valence electrons. The highest BCUT2D eigenvalue weighted by molar-refractivity contribution is 7.16. The van der Waals surface area contributed by atoms with Crippen molar-refractivity contribution in [1.82, 2.24) is 15.1 Å². The number of carbonyl (C=O) groups is 2. The Morgan fingerprint density at radius 2 is 1.71 bits per heavy atom. The first-order valence-corrected chi connectivity index (χ1v) is 13.0. The zero-order valence-corrected chi connectivity index (χ0v) is 20.5. The summed E-state index contributed by atoms with van der Waals surface area (Å²) in [6.07, 6.45) is 5.85. The van der Waals surface area contributed by atoms with Gasteiger partial charge in [0.05, 0.1) is 12.1 Å². The van der Waals surface area contributed by atoms with Gasteiger partial charge in [0.15, 0.2) is 0 Å². The lowest BCUT2D eigenvalue weighted by Crippen LogP contribution is -2.49. The molecular formula is C26H33N5O2S. The SMILES string of the molecule is N#Cc1c(NC(=O)CCN2CCN(CC(=O)NCc3ccccc3)CC2)sc2c1CCCCC2. The summed E-state index contributed by atoms with van der Waals surface area (Å²) in [7, 11) is 0. The molecule has 2 amide bonds. The Labute approximate surface area is 205 Å². The fraction of sp³-hybridized carbons (Fsp3) is 0.500. The van der Waals surface area contributed by atoms with Crippen LogP contribution in [0.4, 0.5) is 5.00 Å². The number of aryl methyl sites for hydroxylation is 1. The van der Waals surface area contributed by atoms with Gasteiger partial charge < -0.3 is 15.5 Å². The Kier molecular flexibility index (Phi) is 8.69. The van der Waals surface area contributed by atoms with E-state index in [0.29, 0.717) is 31.6 Å². The van der Waals surface area contributed by atoms with Crippen molar-refractivity contribution in [3.8, 4) is 6.07 Å². The molecule has 34 heavy (non-hydrogen) atoms. The van der Waals surface area contributed by atoms with Crippen molar-refractivity contribution in [2.24, 2.45) is 0 Å². The van der Waals surface area contributed by atoms with Gasteiger partial charge in [0.1, 0.15) is 11.1 Å². The zero-order valence-electron chi connectivity index (χ0n) is 19.6. The second-order valence-corrected chi connectivity index (χ2v) is 10.2. The molecule has 1 saturated heterocycles. The average Bonchev–Trinajstić information content (AvgIpc) is 3.01. The quantitative estimate of drug-likeness (QED) is 0.568. The van der Waals surface area contributed by atoms with E-state index in [2.05, 4.69) is 26.5 Å². The van der Waals surface area contributed by atoms with Gasteiger partial charge in [-0.2, -0.15) is 5.26 Å². The lowest BCUT2D eigenvalue weighted by molar-refractivity contribution is -0.122. The van der Waals surface area contributed by atoms with E-state index in [4.69, 9.17) is 0 Å². The van der Waals surface area contributed by atoms with Crippen molar-refractivity contribution in [2.75, 3.05) is 44.6 Å². The van der Waals surface area contributed by atoms with Crippen molar-refractivity contribution < 1.29 is 9.59 Å². The van der Waals surface area contributed by atoms with Crippen LogP contribution in [0.15, 0.2) is 30.3 Å². The van der Waals surface area contributed by atoms with Crippen LogP contribution < -0.4 is 10.6 Å². The van der Waals surface area contributed by atoms with Crippen LogP contribution in [-0.4, -0.2) is 60.9 Å². The number of nitriles is 1. The van der Waals surface area contributed by atoms with Crippen LogP contribution in [0, 0.1) is 11.3 Å². The summed E-state index contributed by atoms with van der Waals surface area (Å²) >= 11 is 1.59. The number of hydrogen-bond acceptors (Lipinski definition) is 6. The lowest BCUT2D eigenvalue weighted by Gasteiger charge is -2.34. The molecule has 2 aromatic rings. The molecule has 0 radical (unpaired) electrons. The summed E-state index contributed by atoms with van der Waals surface area (Å²) in [5, 5.41) is 16.4. The Morgan fingerprint density at radius 1 is 0.971 bits per heavy atom. The highest BCUT2D eigenvalue weighted by Crippen LogP contribution is 2.37. The van der Waals surface area contributed by atoms with Crippen LogP contribution in [0.25, 0.3) is 0 Å². The van der Waals surface area contributed by atoms with Crippen LogP contribution in [0.3, 0.4) is 0 Å². The predicted octanol–water partition coefficient (Wildman–Crippen LogP) is 3.15. The number of nitrogens with one attached hydrogen (secondary N) is 2. The highest BCUT2D eigenvalue weighted by Gasteiger charge is 2.22. The lowest BCUT2D eigenvalue weighted by atomic mass is 10.1. The van der Waals surface area contributed by atoms with Crippen LogP contribution in [0.2, 0.25) is 0 Å². The van der Waals surface area contributed by atoms with Crippen LogP contribution in [0.1, 0.15) is 47.3 Å². The monoisotopic (exact) mass is 479 g/mol. The topological polar surface area (TPSA) is 88.5 Å². The number of carbonyl (C=O) groups excluding carboxylic acids is 2. The van der Waals surface area contributed by atoms with Crippen LogP contribution >= 0.6 is 11.3 Å². The van der Waals surface area contributed by atoms with Gasteiger partial charge in [-0.05, 0) is 36.8 Å². The Bertz CT molecular complexity index is 1020. The largest absolute Gasteiger partial charge is 0.351 e.